The number of benzene rings is 1. The molecular weight excluding hydrogens is 208 g/mol. The molecule has 0 aromatic heterocycles. The lowest BCUT2D eigenvalue weighted by molar-refractivity contribution is -0.110. The molecule has 0 radical (unpaired) electrons. The van der Waals surface area contributed by atoms with Crippen molar-refractivity contribution in [3.63, 3.8) is 0 Å². The molecule has 0 bridgehead atoms. The topological polar surface area (TPSA) is 17.1 Å². The van der Waals surface area contributed by atoms with Crippen molar-refractivity contribution >= 4 is 11.4 Å². The summed E-state index contributed by atoms with van der Waals surface area (Å²) in [7, 11) is 0. The number of carbonyl (C=O) groups excluding carboxylic acids is 1. The smallest absolute Gasteiger partial charge is 0.188 e. The van der Waals surface area contributed by atoms with Crippen LogP contribution in [0.4, 0.5) is 0 Å². The average molecular weight is 226 g/mol. The van der Waals surface area contributed by atoms with E-state index in [9.17, 15) is 4.79 Å². The minimum atomic E-state index is -0.00236. The third-order valence-corrected chi connectivity index (χ3v) is 2.37. The molecule has 1 nitrogen and oxygen atoms in total. The second-order valence-corrected chi connectivity index (χ2v) is 4.25. The molecule has 88 valence electrons. The molecule has 0 atom stereocenters. The van der Waals surface area contributed by atoms with E-state index in [0.29, 0.717) is 17.6 Å². The highest BCUT2D eigenvalue weighted by atomic mass is 16.1. The van der Waals surface area contributed by atoms with Crippen LogP contribution in [-0.2, 0) is 4.79 Å². The first-order chi connectivity index (χ1) is 8.02. The van der Waals surface area contributed by atoms with Crippen LogP contribution in [0, 0.1) is 0 Å². The molecule has 1 heteroatoms. The Bertz CT molecular complexity index is 464. The van der Waals surface area contributed by atoms with Crippen LogP contribution >= 0.6 is 0 Å². The van der Waals surface area contributed by atoms with Crippen LogP contribution in [0.15, 0.2) is 60.7 Å². The molecule has 1 aromatic carbocycles. The van der Waals surface area contributed by atoms with Gasteiger partial charge in [0.25, 0.3) is 0 Å². The van der Waals surface area contributed by atoms with Gasteiger partial charge in [-0.1, -0.05) is 55.1 Å². The molecule has 0 saturated carbocycles. The van der Waals surface area contributed by atoms with Crippen molar-refractivity contribution in [3.05, 3.63) is 66.3 Å². The molecule has 1 rings (SSSR count). The van der Waals surface area contributed by atoms with Crippen molar-refractivity contribution in [3.8, 4) is 0 Å². The van der Waals surface area contributed by atoms with Gasteiger partial charge in [-0.3, -0.25) is 4.79 Å². The van der Waals surface area contributed by atoms with Crippen molar-refractivity contribution < 1.29 is 4.79 Å². The second-order valence-electron chi connectivity index (χ2n) is 4.25. The number of hydrogen-bond donors (Lipinski definition) is 0. The van der Waals surface area contributed by atoms with Gasteiger partial charge in [-0.15, -0.1) is 0 Å². The molecular formula is C16H18O. The Morgan fingerprint density at radius 1 is 1.18 bits per heavy atom. The lowest BCUT2D eigenvalue weighted by Gasteiger charge is -2.07. The normalized spacial score (nSPS) is 11.1. The van der Waals surface area contributed by atoms with E-state index in [1.54, 1.807) is 6.92 Å². The molecule has 0 fully saturated rings. The fourth-order valence-corrected chi connectivity index (χ4v) is 1.47. The van der Waals surface area contributed by atoms with Crippen molar-refractivity contribution in [2.24, 2.45) is 0 Å². The number of carbonyl (C=O) groups is 1. The van der Waals surface area contributed by atoms with Crippen LogP contribution in [0.3, 0.4) is 0 Å². The average Bonchev–Trinajstić information content (AvgIpc) is 2.30. The van der Waals surface area contributed by atoms with E-state index in [2.05, 4.69) is 13.2 Å². The van der Waals surface area contributed by atoms with Crippen LogP contribution in [-0.4, -0.2) is 5.78 Å². The van der Waals surface area contributed by atoms with Gasteiger partial charge in [0.05, 0.1) is 0 Å². The van der Waals surface area contributed by atoms with Gasteiger partial charge < -0.3 is 0 Å². The zero-order valence-electron chi connectivity index (χ0n) is 10.5. The van der Waals surface area contributed by atoms with Crippen LogP contribution in [0.1, 0.15) is 25.8 Å². The fraction of sp³-hybridized carbons (Fsp3) is 0.188. The highest BCUT2D eigenvalue weighted by Gasteiger charge is 2.11. The molecule has 0 saturated heterocycles. The van der Waals surface area contributed by atoms with E-state index in [4.69, 9.17) is 0 Å². The van der Waals surface area contributed by atoms with E-state index in [0.717, 1.165) is 11.1 Å². The summed E-state index contributed by atoms with van der Waals surface area (Å²) >= 11 is 0. The first-order valence-corrected chi connectivity index (χ1v) is 5.62. The predicted molar refractivity (Wildman–Crippen MR) is 73.7 cm³/mol. The first-order valence-electron chi connectivity index (χ1n) is 5.62. The monoisotopic (exact) mass is 226 g/mol. The molecule has 0 unspecified atom stereocenters. The highest BCUT2D eigenvalue weighted by molar-refractivity contribution is 6.28. The summed E-state index contributed by atoms with van der Waals surface area (Å²) in [5, 5.41) is 0. The van der Waals surface area contributed by atoms with Crippen molar-refractivity contribution in [1.29, 1.82) is 0 Å². The van der Waals surface area contributed by atoms with E-state index in [1.807, 2.05) is 43.3 Å². The van der Waals surface area contributed by atoms with E-state index >= 15 is 0 Å². The minimum absolute atomic E-state index is 0.00236. The lowest BCUT2D eigenvalue weighted by Crippen LogP contribution is -2.02. The van der Waals surface area contributed by atoms with Crippen molar-refractivity contribution in [2.45, 2.75) is 20.3 Å². The number of rotatable bonds is 5. The quantitative estimate of drug-likeness (QED) is 0.543. The Morgan fingerprint density at radius 3 is 2.24 bits per heavy atom. The summed E-state index contributed by atoms with van der Waals surface area (Å²) in [5.41, 5.74) is 3.23. The molecule has 1 aromatic rings. The van der Waals surface area contributed by atoms with E-state index in [-0.39, 0.29) is 5.78 Å². The molecule has 0 aliphatic heterocycles. The molecule has 17 heavy (non-hydrogen) atoms. The van der Waals surface area contributed by atoms with Gasteiger partial charge in [0, 0.05) is 5.57 Å². The summed E-state index contributed by atoms with van der Waals surface area (Å²) in [6, 6.07) is 9.66. The molecule has 0 aliphatic carbocycles. The summed E-state index contributed by atoms with van der Waals surface area (Å²) < 4.78 is 0. The maximum atomic E-state index is 12.1. The predicted octanol–water partition coefficient (Wildman–Crippen LogP) is 4.18. The van der Waals surface area contributed by atoms with Crippen LogP contribution < -0.4 is 0 Å². The Hall–Kier alpha value is -1.89. The number of allylic oxidation sites excluding steroid dienone is 4. The van der Waals surface area contributed by atoms with Crippen molar-refractivity contribution in [1.82, 2.24) is 0 Å². The number of ketones is 1. The highest BCUT2D eigenvalue weighted by Crippen LogP contribution is 2.20. The van der Waals surface area contributed by atoms with Gasteiger partial charge in [-0.2, -0.15) is 0 Å². The molecule has 0 N–H and O–H groups in total. The third-order valence-electron chi connectivity index (χ3n) is 2.37. The molecule has 0 spiro atoms. The summed E-state index contributed by atoms with van der Waals surface area (Å²) in [4.78, 5) is 12.1. The van der Waals surface area contributed by atoms with Gasteiger partial charge in [-0.25, -0.2) is 0 Å². The fourth-order valence-electron chi connectivity index (χ4n) is 1.47. The van der Waals surface area contributed by atoms with E-state index in [1.165, 1.54) is 0 Å². The summed E-state index contributed by atoms with van der Waals surface area (Å²) in [6.45, 7) is 11.2. The summed E-state index contributed by atoms with van der Waals surface area (Å²) in [6.07, 6.45) is 2.64. The second kappa shape index (κ2) is 6.00. The Balaban J connectivity index is 3.12. The number of hydrogen-bond acceptors (Lipinski definition) is 1. The van der Waals surface area contributed by atoms with Gasteiger partial charge in [0.1, 0.15) is 0 Å². The first kappa shape index (κ1) is 13.2. The van der Waals surface area contributed by atoms with Crippen LogP contribution in [0.2, 0.25) is 0 Å². The molecule has 0 amide bonds. The zero-order valence-corrected chi connectivity index (χ0v) is 10.5. The minimum Gasteiger partial charge on any atom is -0.289 e. The lowest BCUT2D eigenvalue weighted by atomic mass is 9.96. The number of Topliss-reactive ketones (excluding diaryl/α,β-unsaturated/α-hetero) is 1. The van der Waals surface area contributed by atoms with Crippen molar-refractivity contribution in [2.75, 3.05) is 0 Å². The van der Waals surface area contributed by atoms with Crippen LogP contribution in [0.25, 0.3) is 5.57 Å². The maximum Gasteiger partial charge on any atom is 0.188 e. The maximum absolute atomic E-state index is 12.1. The van der Waals surface area contributed by atoms with Gasteiger partial charge in [-0.05, 0) is 31.4 Å². The molecule has 0 aliphatic rings. The SMILES string of the molecule is C=C(C)C/C=C(\C(=O)C(=C)C)c1ccccc1. The Kier molecular flexibility index (Phi) is 4.65. The Morgan fingerprint density at radius 2 is 1.76 bits per heavy atom. The third kappa shape index (κ3) is 3.87. The standard InChI is InChI=1S/C16H18O/c1-12(2)10-11-15(16(17)13(3)4)14-8-6-5-7-9-14/h5-9,11H,1,3,10H2,2,4H3/b15-11-. The van der Waals surface area contributed by atoms with Crippen LogP contribution in [0.5, 0.6) is 0 Å². The van der Waals surface area contributed by atoms with Gasteiger partial charge in [0.2, 0.25) is 0 Å². The van der Waals surface area contributed by atoms with Gasteiger partial charge in [0.15, 0.2) is 5.78 Å². The van der Waals surface area contributed by atoms with Gasteiger partial charge >= 0.3 is 0 Å². The van der Waals surface area contributed by atoms with E-state index < -0.39 is 0 Å². The zero-order chi connectivity index (χ0) is 12.8. The largest absolute Gasteiger partial charge is 0.289 e. The molecule has 0 heterocycles. The summed E-state index contributed by atoms with van der Waals surface area (Å²) in [5.74, 6) is -0.00236. The Labute approximate surface area is 103 Å².